The molecule has 0 aromatic heterocycles. The lowest BCUT2D eigenvalue weighted by Crippen LogP contribution is -2.45. The number of guanidine groups is 1. The summed E-state index contributed by atoms with van der Waals surface area (Å²) in [5.41, 5.74) is 1.91. The molecule has 0 bridgehead atoms. The van der Waals surface area contributed by atoms with Crippen LogP contribution in [0.1, 0.15) is 18.1 Å². The molecule has 0 saturated heterocycles. The molecule has 1 unspecified atom stereocenters. The predicted octanol–water partition coefficient (Wildman–Crippen LogP) is 2.07. The molecule has 138 valence electrons. The first-order valence-electron chi connectivity index (χ1n) is 8.88. The van der Waals surface area contributed by atoms with E-state index in [9.17, 15) is 5.11 Å². The lowest BCUT2D eigenvalue weighted by molar-refractivity contribution is 0.0936. The van der Waals surface area contributed by atoms with E-state index < -0.39 is 0 Å². The monoisotopic (exact) mass is 355 g/mol. The van der Waals surface area contributed by atoms with Crippen LogP contribution in [0.3, 0.4) is 0 Å². The van der Waals surface area contributed by atoms with Gasteiger partial charge in [0.1, 0.15) is 12.7 Å². The Kier molecular flexibility index (Phi) is 6.33. The van der Waals surface area contributed by atoms with E-state index in [1.807, 2.05) is 55.5 Å². The summed E-state index contributed by atoms with van der Waals surface area (Å²) < 4.78 is 11.7. The molecule has 1 heterocycles. The van der Waals surface area contributed by atoms with Crippen LogP contribution in [0.4, 0.5) is 0 Å². The zero-order chi connectivity index (χ0) is 18.2. The van der Waals surface area contributed by atoms with Gasteiger partial charge in [-0.25, -0.2) is 4.99 Å². The quantitative estimate of drug-likeness (QED) is 0.546. The third-order valence-electron chi connectivity index (χ3n) is 4.11. The summed E-state index contributed by atoms with van der Waals surface area (Å²) in [5, 5.41) is 16.0. The highest BCUT2D eigenvalue weighted by atomic mass is 16.6. The highest BCUT2D eigenvalue weighted by Gasteiger charge is 2.20. The van der Waals surface area contributed by atoms with Crippen molar-refractivity contribution in [2.75, 3.05) is 19.7 Å². The van der Waals surface area contributed by atoms with Gasteiger partial charge >= 0.3 is 0 Å². The maximum absolute atomic E-state index is 9.43. The molecular weight excluding hydrogens is 330 g/mol. The third-order valence-corrected chi connectivity index (χ3v) is 4.11. The molecule has 3 N–H and O–H groups in total. The SMILES string of the molecule is CCNC(=NCc1ccccc1CO)NCC1COc2ccccc2O1. The molecule has 2 aromatic carbocycles. The van der Waals surface area contributed by atoms with Gasteiger partial charge in [-0.1, -0.05) is 36.4 Å². The lowest BCUT2D eigenvalue weighted by Gasteiger charge is -2.27. The van der Waals surface area contributed by atoms with E-state index >= 15 is 0 Å². The van der Waals surface area contributed by atoms with E-state index in [1.54, 1.807) is 0 Å². The minimum atomic E-state index is -0.0847. The number of para-hydroxylation sites is 2. The van der Waals surface area contributed by atoms with Gasteiger partial charge in [0.2, 0.25) is 0 Å². The minimum absolute atomic E-state index is 0.0162. The summed E-state index contributed by atoms with van der Waals surface area (Å²) in [5.74, 6) is 2.26. The van der Waals surface area contributed by atoms with Gasteiger partial charge < -0.3 is 25.2 Å². The van der Waals surface area contributed by atoms with Crippen molar-refractivity contribution >= 4 is 5.96 Å². The second-order valence-corrected chi connectivity index (χ2v) is 6.00. The van der Waals surface area contributed by atoms with E-state index in [4.69, 9.17) is 9.47 Å². The second kappa shape index (κ2) is 9.10. The predicted molar refractivity (Wildman–Crippen MR) is 102 cm³/mol. The Morgan fingerprint density at radius 1 is 1.08 bits per heavy atom. The smallest absolute Gasteiger partial charge is 0.191 e. The fourth-order valence-corrected chi connectivity index (χ4v) is 2.75. The van der Waals surface area contributed by atoms with Crippen molar-refractivity contribution in [2.24, 2.45) is 4.99 Å². The first-order valence-corrected chi connectivity index (χ1v) is 8.88. The van der Waals surface area contributed by atoms with E-state index in [1.165, 1.54) is 0 Å². The molecule has 1 atom stereocenters. The Hall–Kier alpha value is -2.73. The second-order valence-electron chi connectivity index (χ2n) is 6.00. The number of aliphatic hydroxyl groups is 1. The molecule has 0 amide bonds. The Balaban J connectivity index is 1.58. The maximum Gasteiger partial charge on any atom is 0.191 e. The molecule has 2 aromatic rings. The average molecular weight is 355 g/mol. The van der Waals surface area contributed by atoms with E-state index in [2.05, 4.69) is 15.6 Å². The standard InChI is InChI=1S/C20H25N3O3/c1-2-21-20(22-11-15-7-3-4-8-16(15)13-24)23-12-17-14-25-18-9-5-6-10-19(18)26-17/h3-10,17,24H,2,11-14H2,1H3,(H2,21,22,23). The van der Waals surface area contributed by atoms with Gasteiger partial charge in [-0.2, -0.15) is 0 Å². The van der Waals surface area contributed by atoms with Gasteiger partial charge in [-0.15, -0.1) is 0 Å². The Morgan fingerprint density at radius 3 is 2.58 bits per heavy atom. The Morgan fingerprint density at radius 2 is 1.81 bits per heavy atom. The van der Waals surface area contributed by atoms with E-state index in [0.717, 1.165) is 29.2 Å². The van der Waals surface area contributed by atoms with E-state index in [-0.39, 0.29) is 12.7 Å². The van der Waals surface area contributed by atoms with Gasteiger partial charge in [0.15, 0.2) is 17.5 Å². The number of benzene rings is 2. The summed E-state index contributed by atoms with van der Waals surface area (Å²) >= 11 is 0. The number of aliphatic imine (C=N–C) groups is 1. The van der Waals surface area contributed by atoms with Crippen molar-refractivity contribution < 1.29 is 14.6 Å². The molecule has 6 nitrogen and oxygen atoms in total. The molecule has 0 aliphatic carbocycles. The first kappa shape index (κ1) is 18.1. The highest BCUT2D eigenvalue weighted by molar-refractivity contribution is 5.79. The lowest BCUT2D eigenvalue weighted by atomic mass is 10.1. The molecule has 0 spiro atoms. The fourth-order valence-electron chi connectivity index (χ4n) is 2.75. The van der Waals surface area contributed by atoms with Gasteiger partial charge in [0, 0.05) is 6.54 Å². The largest absolute Gasteiger partial charge is 0.486 e. The zero-order valence-electron chi connectivity index (χ0n) is 14.9. The number of nitrogens with one attached hydrogen (secondary N) is 2. The van der Waals surface area contributed by atoms with Crippen LogP contribution in [0.2, 0.25) is 0 Å². The molecule has 0 radical (unpaired) electrons. The van der Waals surface area contributed by atoms with Crippen molar-refractivity contribution in [3.8, 4) is 11.5 Å². The number of fused-ring (bicyclic) bond motifs is 1. The maximum atomic E-state index is 9.43. The minimum Gasteiger partial charge on any atom is -0.486 e. The van der Waals surface area contributed by atoms with Gasteiger partial charge in [-0.3, -0.25) is 0 Å². The molecule has 1 aliphatic rings. The van der Waals surface area contributed by atoms with Crippen molar-refractivity contribution in [1.82, 2.24) is 10.6 Å². The topological polar surface area (TPSA) is 75.1 Å². The van der Waals surface area contributed by atoms with Crippen LogP contribution in [0, 0.1) is 0 Å². The summed E-state index contributed by atoms with van der Waals surface area (Å²) in [6.07, 6.45) is -0.0847. The molecule has 0 fully saturated rings. The summed E-state index contributed by atoms with van der Waals surface area (Å²) in [6, 6.07) is 15.4. The van der Waals surface area contributed by atoms with Crippen LogP contribution in [0.25, 0.3) is 0 Å². The Labute approximate surface area is 153 Å². The highest BCUT2D eigenvalue weighted by Crippen LogP contribution is 2.30. The van der Waals surface area contributed by atoms with Crippen molar-refractivity contribution in [3.63, 3.8) is 0 Å². The van der Waals surface area contributed by atoms with Crippen molar-refractivity contribution in [3.05, 3.63) is 59.7 Å². The van der Waals surface area contributed by atoms with E-state index in [0.29, 0.717) is 25.7 Å². The Bertz CT molecular complexity index is 749. The molecule has 0 saturated carbocycles. The van der Waals surface area contributed by atoms with Gasteiger partial charge in [0.25, 0.3) is 0 Å². The summed E-state index contributed by atoms with van der Waals surface area (Å²) in [7, 11) is 0. The molecule has 3 rings (SSSR count). The summed E-state index contributed by atoms with van der Waals surface area (Å²) in [4.78, 5) is 4.61. The molecule has 6 heteroatoms. The number of nitrogens with zero attached hydrogens (tertiary/aromatic N) is 1. The molecule has 26 heavy (non-hydrogen) atoms. The van der Waals surface area contributed by atoms with Gasteiger partial charge in [-0.05, 0) is 30.2 Å². The van der Waals surface area contributed by atoms with Crippen LogP contribution in [0.5, 0.6) is 11.5 Å². The molecule has 1 aliphatic heterocycles. The number of ether oxygens (including phenoxy) is 2. The van der Waals surface area contributed by atoms with Crippen LogP contribution < -0.4 is 20.1 Å². The van der Waals surface area contributed by atoms with Crippen LogP contribution in [-0.4, -0.2) is 36.9 Å². The van der Waals surface area contributed by atoms with Crippen molar-refractivity contribution in [1.29, 1.82) is 0 Å². The number of aliphatic hydroxyl groups excluding tert-OH is 1. The van der Waals surface area contributed by atoms with Crippen LogP contribution >= 0.6 is 0 Å². The summed E-state index contributed by atoms with van der Waals surface area (Å²) in [6.45, 7) is 4.38. The average Bonchev–Trinajstić information content (AvgIpc) is 2.70. The van der Waals surface area contributed by atoms with Crippen LogP contribution in [0.15, 0.2) is 53.5 Å². The zero-order valence-corrected chi connectivity index (χ0v) is 14.9. The first-order chi connectivity index (χ1) is 12.8. The number of rotatable bonds is 6. The fraction of sp³-hybridized carbons (Fsp3) is 0.350. The van der Waals surface area contributed by atoms with Crippen LogP contribution in [-0.2, 0) is 13.2 Å². The normalized spacial score (nSPS) is 16.2. The number of hydrogen-bond acceptors (Lipinski definition) is 4. The molecular formula is C20H25N3O3. The third kappa shape index (κ3) is 4.67. The number of hydrogen-bond donors (Lipinski definition) is 3. The van der Waals surface area contributed by atoms with Crippen molar-refractivity contribution in [2.45, 2.75) is 26.2 Å². The van der Waals surface area contributed by atoms with Gasteiger partial charge in [0.05, 0.1) is 19.7 Å².